The SMILES string of the molecule is CC(C)CC[C@]1(C)NC(=O)N(C[NH+]2CCN(C(=O)c3cccs3)CC2)C1=O. The minimum atomic E-state index is -0.794. The number of amides is 4. The Hall–Kier alpha value is -1.93. The van der Waals surface area contributed by atoms with E-state index in [1.54, 1.807) is 0 Å². The number of nitrogens with one attached hydrogen (secondary N) is 2. The number of urea groups is 1. The Morgan fingerprint density at radius 1 is 1.33 bits per heavy atom. The fraction of sp³-hybridized carbons (Fsp3) is 0.632. The lowest BCUT2D eigenvalue weighted by Crippen LogP contribution is -3.16. The number of piperazine rings is 1. The highest BCUT2D eigenvalue weighted by Crippen LogP contribution is 2.24. The highest BCUT2D eigenvalue weighted by atomic mass is 32.1. The van der Waals surface area contributed by atoms with Crippen molar-refractivity contribution in [3.8, 4) is 0 Å². The molecule has 0 spiro atoms. The minimum Gasteiger partial charge on any atom is -0.327 e. The fourth-order valence-corrected chi connectivity index (χ4v) is 4.29. The Labute approximate surface area is 164 Å². The maximum atomic E-state index is 12.8. The molecule has 0 bridgehead atoms. The largest absolute Gasteiger partial charge is 0.329 e. The van der Waals surface area contributed by atoms with Crippen LogP contribution in [0, 0.1) is 5.92 Å². The molecule has 2 aliphatic heterocycles. The first-order valence-corrected chi connectivity index (χ1v) is 10.5. The van der Waals surface area contributed by atoms with E-state index in [0.29, 0.717) is 32.1 Å². The molecule has 1 atom stereocenters. The number of carbonyl (C=O) groups excluding carboxylic acids is 3. The molecule has 2 N–H and O–H groups in total. The molecule has 1 aromatic heterocycles. The van der Waals surface area contributed by atoms with Gasteiger partial charge in [0.25, 0.3) is 11.8 Å². The Bertz CT molecular complexity index is 698. The van der Waals surface area contributed by atoms with E-state index in [9.17, 15) is 14.4 Å². The molecule has 2 saturated heterocycles. The van der Waals surface area contributed by atoms with Crippen LogP contribution in [0.15, 0.2) is 17.5 Å². The monoisotopic (exact) mass is 393 g/mol. The third kappa shape index (κ3) is 4.32. The van der Waals surface area contributed by atoms with Crippen LogP contribution in [0.2, 0.25) is 0 Å². The number of imide groups is 1. The van der Waals surface area contributed by atoms with Gasteiger partial charge in [-0.05, 0) is 37.1 Å². The minimum absolute atomic E-state index is 0.0697. The van der Waals surface area contributed by atoms with Crippen molar-refractivity contribution in [3.63, 3.8) is 0 Å². The molecule has 27 heavy (non-hydrogen) atoms. The smallest absolute Gasteiger partial charge is 0.327 e. The van der Waals surface area contributed by atoms with Crippen molar-refractivity contribution in [2.45, 2.75) is 39.2 Å². The van der Waals surface area contributed by atoms with Crippen LogP contribution in [-0.4, -0.2) is 66.0 Å². The first-order valence-electron chi connectivity index (χ1n) is 9.60. The van der Waals surface area contributed by atoms with Crippen molar-refractivity contribution < 1.29 is 19.3 Å². The van der Waals surface area contributed by atoms with E-state index < -0.39 is 5.54 Å². The van der Waals surface area contributed by atoms with E-state index in [4.69, 9.17) is 0 Å². The molecule has 2 aliphatic rings. The summed E-state index contributed by atoms with van der Waals surface area (Å²) in [5.41, 5.74) is -0.794. The average Bonchev–Trinajstić information content (AvgIpc) is 3.24. The molecule has 0 unspecified atom stereocenters. The number of hydrogen-bond acceptors (Lipinski definition) is 4. The molecular formula is C19H29N4O3S+. The normalized spacial score (nSPS) is 24.0. The third-order valence-electron chi connectivity index (χ3n) is 5.44. The summed E-state index contributed by atoms with van der Waals surface area (Å²) in [5.74, 6) is 0.429. The van der Waals surface area contributed by atoms with Crippen LogP contribution in [0.3, 0.4) is 0 Å². The van der Waals surface area contributed by atoms with Crippen LogP contribution in [0.4, 0.5) is 4.79 Å². The molecule has 7 nitrogen and oxygen atoms in total. The molecule has 0 radical (unpaired) electrons. The first kappa shape index (κ1) is 19.8. The van der Waals surface area contributed by atoms with E-state index in [1.165, 1.54) is 16.2 Å². The molecule has 2 fully saturated rings. The van der Waals surface area contributed by atoms with Crippen molar-refractivity contribution in [1.82, 2.24) is 15.1 Å². The summed E-state index contributed by atoms with van der Waals surface area (Å²) in [5, 5.41) is 4.79. The quantitative estimate of drug-likeness (QED) is 0.702. The molecule has 0 saturated carbocycles. The van der Waals surface area contributed by atoms with Gasteiger partial charge < -0.3 is 15.1 Å². The number of hydrogen-bond donors (Lipinski definition) is 2. The van der Waals surface area contributed by atoms with Crippen LogP contribution in [0.5, 0.6) is 0 Å². The van der Waals surface area contributed by atoms with Crippen molar-refractivity contribution in [3.05, 3.63) is 22.4 Å². The van der Waals surface area contributed by atoms with Gasteiger partial charge >= 0.3 is 6.03 Å². The predicted molar refractivity (Wildman–Crippen MR) is 104 cm³/mol. The Morgan fingerprint density at radius 2 is 2.04 bits per heavy atom. The number of quaternary nitrogens is 1. The molecule has 148 valence electrons. The van der Waals surface area contributed by atoms with E-state index in [2.05, 4.69) is 19.2 Å². The second-order valence-electron chi connectivity index (χ2n) is 8.11. The van der Waals surface area contributed by atoms with Crippen LogP contribution < -0.4 is 10.2 Å². The van der Waals surface area contributed by atoms with Crippen molar-refractivity contribution in [2.24, 2.45) is 5.92 Å². The molecule has 1 aromatic rings. The number of nitrogens with zero attached hydrogens (tertiary/aromatic N) is 2. The van der Waals surface area contributed by atoms with E-state index in [1.807, 2.05) is 29.3 Å². The van der Waals surface area contributed by atoms with Gasteiger partial charge in [-0.15, -0.1) is 11.3 Å². The standard InChI is InChI=1S/C19H28N4O3S/c1-14(2)6-7-19(3)17(25)23(18(26)20-19)13-21-8-10-22(11-9-21)16(24)15-5-4-12-27-15/h4-5,12,14H,6-11,13H2,1-3H3,(H,20,26)/p+1/t19-/m0/s1. The number of carbonyl (C=O) groups is 3. The Morgan fingerprint density at radius 3 is 2.63 bits per heavy atom. The van der Waals surface area contributed by atoms with Gasteiger partial charge in [-0.3, -0.25) is 9.59 Å². The van der Waals surface area contributed by atoms with Crippen molar-refractivity contribution >= 4 is 29.2 Å². The van der Waals surface area contributed by atoms with Gasteiger partial charge in [-0.25, -0.2) is 9.69 Å². The lowest BCUT2D eigenvalue weighted by molar-refractivity contribution is -0.911. The molecule has 0 aliphatic carbocycles. The van der Waals surface area contributed by atoms with Gasteiger partial charge in [0, 0.05) is 0 Å². The summed E-state index contributed by atoms with van der Waals surface area (Å²) < 4.78 is 0. The van der Waals surface area contributed by atoms with Gasteiger partial charge in [0.2, 0.25) is 0 Å². The van der Waals surface area contributed by atoms with Crippen LogP contribution in [-0.2, 0) is 4.79 Å². The maximum absolute atomic E-state index is 12.8. The lowest BCUT2D eigenvalue weighted by atomic mass is 9.92. The summed E-state index contributed by atoms with van der Waals surface area (Å²) in [7, 11) is 0. The number of thiophene rings is 1. The summed E-state index contributed by atoms with van der Waals surface area (Å²) in [6, 6.07) is 3.43. The second-order valence-corrected chi connectivity index (χ2v) is 9.05. The van der Waals surface area contributed by atoms with Crippen LogP contribution >= 0.6 is 11.3 Å². The summed E-state index contributed by atoms with van der Waals surface area (Å²) in [6.07, 6.45) is 1.55. The summed E-state index contributed by atoms with van der Waals surface area (Å²) >= 11 is 1.45. The maximum Gasteiger partial charge on any atom is 0.329 e. The average molecular weight is 394 g/mol. The summed E-state index contributed by atoms with van der Waals surface area (Å²) in [6.45, 7) is 9.16. The third-order valence-corrected chi connectivity index (χ3v) is 6.30. The molecule has 4 amide bonds. The van der Waals surface area contributed by atoms with Gasteiger partial charge in [0.1, 0.15) is 5.54 Å². The highest BCUT2D eigenvalue weighted by Gasteiger charge is 2.48. The Kier molecular flexibility index (Phi) is 5.86. The molecule has 3 heterocycles. The molecule has 8 heteroatoms. The fourth-order valence-electron chi connectivity index (χ4n) is 3.60. The zero-order valence-corrected chi connectivity index (χ0v) is 17.1. The van der Waals surface area contributed by atoms with Gasteiger partial charge in [-0.2, -0.15) is 0 Å². The van der Waals surface area contributed by atoms with Gasteiger partial charge in [-0.1, -0.05) is 19.9 Å². The van der Waals surface area contributed by atoms with Crippen molar-refractivity contribution in [2.75, 3.05) is 32.8 Å². The predicted octanol–water partition coefficient (Wildman–Crippen LogP) is 0.793. The summed E-state index contributed by atoms with van der Waals surface area (Å²) in [4.78, 5) is 42.7. The lowest BCUT2D eigenvalue weighted by Gasteiger charge is -2.33. The zero-order chi connectivity index (χ0) is 19.6. The van der Waals surface area contributed by atoms with Crippen LogP contribution in [0.25, 0.3) is 0 Å². The van der Waals surface area contributed by atoms with Crippen molar-refractivity contribution in [1.29, 1.82) is 0 Å². The van der Waals surface area contributed by atoms with E-state index >= 15 is 0 Å². The number of rotatable bonds is 6. The topological polar surface area (TPSA) is 74.2 Å². The van der Waals surface area contributed by atoms with E-state index in [-0.39, 0.29) is 17.8 Å². The molecule has 0 aromatic carbocycles. The molecular weight excluding hydrogens is 364 g/mol. The van der Waals surface area contributed by atoms with Gasteiger partial charge in [0.05, 0.1) is 31.1 Å². The molecule has 3 rings (SSSR count). The Balaban J connectivity index is 1.53. The first-order chi connectivity index (χ1) is 12.8. The van der Waals surface area contributed by atoms with Gasteiger partial charge in [0.15, 0.2) is 6.67 Å². The second kappa shape index (κ2) is 7.98. The highest BCUT2D eigenvalue weighted by molar-refractivity contribution is 7.12. The van der Waals surface area contributed by atoms with Crippen LogP contribution in [0.1, 0.15) is 43.3 Å². The zero-order valence-electron chi connectivity index (χ0n) is 16.3. The van der Waals surface area contributed by atoms with E-state index in [0.717, 1.165) is 29.3 Å².